The summed E-state index contributed by atoms with van der Waals surface area (Å²) >= 11 is 0. The number of phenols is 1. The number of aromatic hydroxyl groups is 1. The Morgan fingerprint density at radius 1 is 1.00 bits per heavy atom. The van der Waals surface area contributed by atoms with Gasteiger partial charge >= 0.3 is 6.01 Å². The van der Waals surface area contributed by atoms with Crippen LogP contribution in [0.5, 0.6) is 11.8 Å². The van der Waals surface area contributed by atoms with E-state index < -0.39 is 17.5 Å². The van der Waals surface area contributed by atoms with E-state index in [0.29, 0.717) is 63.4 Å². The van der Waals surface area contributed by atoms with E-state index in [1.807, 2.05) is 13.1 Å². The van der Waals surface area contributed by atoms with E-state index in [4.69, 9.17) is 19.8 Å². The zero-order chi connectivity index (χ0) is 35.5. The Kier molecular flexibility index (Phi) is 7.45. The number of hydrogen-bond donors (Lipinski definition) is 1. The molecule has 1 saturated carbocycles. The quantitative estimate of drug-likeness (QED) is 0.186. The molecule has 5 aromatic rings. The van der Waals surface area contributed by atoms with Crippen molar-refractivity contribution in [3.8, 4) is 22.9 Å². The predicted molar refractivity (Wildman–Crippen MR) is 195 cm³/mol. The predicted octanol–water partition coefficient (Wildman–Crippen LogP) is 6.90. The summed E-state index contributed by atoms with van der Waals surface area (Å²) in [6.07, 6.45) is 8.18. The molecule has 0 spiro atoms. The van der Waals surface area contributed by atoms with Gasteiger partial charge < -0.3 is 14.7 Å². The summed E-state index contributed by atoms with van der Waals surface area (Å²) < 4.78 is 56.0. The van der Waals surface area contributed by atoms with Crippen molar-refractivity contribution in [2.75, 3.05) is 44.2 Å². The number of rotatable bonds is 8. The number of aromatic nitrogens is 4. The van der Waals surface area contributed by atoms with Crippen molar-refractivity contribution in [2.24, 2.45) is 13.0 Å². The maximum atomic E-state index is 17.8. The molecule has 6 heterocycles. The Labute approximate surface area is 300 Å². The van der Waals surface area contributed by atoms with Gasteiger partial charge in [0.2, 0.25) is 0 Å². The van der Waals surface area contributed by atoms with Crippen molar-refractivity contribution in [1.82, 2.24) is 29.5 Å². The van der Waals surface area contributed by atoms with Crippen LogP contribution in [0.25, 0.3) is 43.7 Å². The summed E-state index contributed by atoms with van der Waals surface area (Å²) in [6, 6.07) is 6.55. The molecule has 9 nitrogen and oxygen atoms in total. The summed E-state index contributed by atoms with van der Waals surface area (Å²) in [5.74, 6) is 0.352. The smallest absolute Gasteiger partial charge is 0.319 e. The lowest BCUT2D eigenvalue weighted by Gasteiger charge is -2.42. The van der Waals surface area contributed by atoms with Crippen molar-refractivity contribution >= 4 is 38.4 Å². The molecule has 0 amide bonds. The molecule has 2 aromatic heterocycles. The van der Waals surface area contributed by atoms with E-state index in [1.165, 1.54) is 25.0 Å². The van der Waals surface area contributed by atoms with Crippen molar-refractivity contribution < 1.29 is 23.0 Å². The molecule has 12 heteroatoms. The topological polar surface area (TPSA) is 82.8 Å². The number of hydrogen-bond acceptors (Lipinski definition) is 8. The Hall–Kier alpha value is -4.16. The SMILES string of the molecule is CCc1c(F)ccc2cc(O)cc(-c3c(F)c4nc(OC[C@@]56CCCN5C[C@H](F)C6)nc(N5[C@@H]6CC[C@H]5CN(CC5CC5)C6)c4c4cn(C)nc34)c12. The van der Waals surface area contributed by atoms with Crippen molar-refractivity contribution in [1.29, 1.82) is 0 Å². The first kappa shape index (κ1) is 32.5. The van der Waals surface area contributed by atoms with Gasteiger partial charge in [0.1, 0.15) is 41.2 Å². The van der Waals surface area contributed by atoms with Gasteiger partial charge in [0, 0.05) is 68.9 Å². The minimum absolute atomic E-state index is 0.0594. The molecule has 5 fully saturated rings. The van der Waals surface area contributed by atoms with Crippen LogP contribution < -0.4 is 9.64 Å². The zero-order valence-corrected chi connectivity index (χ0v) is 29.7. The number of benzene rings is 3. The normalized spacial score (nSPS) is 26.4. The van der Waals surface area contributed by atoms with Gasteiger partial charge in [-0.2, -0.15) is 15.1 Å². The second-order valence-corrected chi connectivity index (χ2v) is 16.1. The second kappa shape index (κ2) is 11.9. The van der Waals surface area contributed by atoms with E-state index >= 15 is 8.78 Å². The van der Waals surface area contributed by atoms with Crippen LogP contribution in [0.2, 0.25) is 0 Å². The Morgan fingerprint density at radius 3 is 2.58 bits per heavy atom. The van der Waals surface area contributed by atoms with E-state index in [-0.39, 0.29) is 47.3 Å². The molecule has 1 aliphatic carbocycles. The van der Waals surface area contributed by atoms with Gasteiger partial charge in [-0.3, -0.25) is 14.5 Å². The molecule has 0 unspecified atom stereocenters. The third-order valence-electron chi connectivity index (χ3n) is 12.7. The fraction of sp³-hybridized carbons (Fsp3) is 0.525. The standard InChI is InChI=1S/C40H44F3N7O2/c1-3-28-31(42)10-7-23-13-27(51)14-29(32(23)28)33-35(43)37-34(30-20-47(2)46-36(30)33)38(50-25-8-9-26(50)19-48(18-25)16-22-5-6-22)45-39(44-37)52-21-40-11-4-12-49(40)17-24(41)15-40/h7,10,13-14,20,22,24-26,51H,3-6,8-9,11-12,15-19,21H2,1-2H3/t24-,25-,26+,40+/m1/s1. The largest absolute Gasteiger partial charge is 0.508 e. The number of nitrogens with zero attached hydrogens (tertiary/aromatic N) is 7. The number of aryl methyl sites for hydroxylation is 2. The van der Waals surface area contributed by atoms with Gasteiger partial charge in [-0.25, -0.2) is 13.2 Å². The summed E-state index contributed by atoms with van der Waals surface area (Å²) in [4.78, 5) is 17.1. The second-order valence-electron chi connectivity index (χ2n) is 16.1. The molecule has 4 saturated heterocycles. The van der Waals surface area contributed by atoms with Crippen molar-refractivity contribution in [3.05, 3.63) is 47.7 Å². The van der Waals surface area contributed by atoms with Crippen molar-refractivity contribution in [3.63, 3.8) is 0 Å². The molecule has 10 rings (SSSR count). The van der Waals surface area contributed by atoms with E-state index in [1.54, 1.807) is 23.9 Å². The maximum absolute atomic E-state index is 17.8. The van der Waals surface area contributed by atoms with Crippen LogP contribution in [-0.4, -0.2) is 97.8 Å². The summed E-state index contributed by atoms with van der Waals surface area (Å²) in [7, 11) is 1.80. The fourth-order valence-electron chi connectivity index (χ4n) is 10.3. The van der Waals surface area contributed by atoms with Crippen molar-refractivity contribution in [2.45, 2.75) is 82.1 Å². The molecule has 272 valence electrons. The van der Waals surface area contributed by atoms with Crippen LogP contribution in [0, 0.1) is 17.6 Å². The molecule has 1 N–H and O–H groups in total. The van der Waals surface area contributed by atoms with Gasteiger partial charge in [0.25, 0.3) is 0 Å². The van der Waals surface area contributed by atoms with Crippen LogP contribution in [0.3, 0.4) is 0 Å². The molecule has 4 atom stereocenters. The highest BCUT2D eigenvalue weighted by atomic mass is 19.1. The molecule has 52 heavy (non-hydrogen) atoms. The first-order valence-electron chi connectivity index (χ1n) is 19.0. The third kappa shape index (κ3) is 5.07. The van der Waals surface area contributed by atoms with Crippen LogP contribution in [0.4, 0.5) is 19.0 Å². The number of alkyl halides is 1. The average Bonchev–Trinajstić information content (AvgIpc) is 3.45. The zero-order valence-electron chi connectivity index (χ0n) is 29.7. The van der Waals surface area contributed by atoms with E-state index in [0.717, 1.165) is 57.8 Å². The number of anilines is 1. The highest BCUT2D eigenvalue weighted by Crippen LogP contribution is 2.47. The number of likely N-dealkylation sites (tertiary alicyclic amines) is 1. The minimum atomic E-state index is -0.909. The maximum Gasteiger partial charge on any atom is 0.319 e. The Morgan fingerprint density at radius 2 is 1.81 bits per heavy atom. The first-order chi connectivity index (χ1) is 25.2. The number of fused-ring (bicyclic) bond motifs is 7. The summed E-state index contributed by atoms with van der Waals surface area (Å²) in [5.41, 5.74) is 0.997. The molecule has 3 aromatic carbocycles. The van der Waals surface area contributed by atoms with Gasteiger partial charge in [-0.15, -0.1) is 0 Å². The Balaban J connectivity index is 1.19. The summed E-state index contributed by atoms with van der Waals surface area (Å²) in [5, 5.41) is 18.1. The lowest BCUT2D eigenvalue weighted by atomic mass is 9.90. The van der Waals surface area contributed by atoms with E-state index in [2.05, 4.69) is 14.7 Å². The molecule has 5 aliphatic rings. The lowest BCUT2D eigenvalue weighted by molar-refractivity contribution is 0.107. The first-order valence-corrected chi connectivity index (χ1v) is 19.0. The van der Waals surface area contributed by atoms with Gasteiger partial charge in [-0.05, 0) is 97.5 Å². The molecular formula is C40H44F3N7O2. The molecular weight excluding hydrogens is 667 g/mol. The lowest BCUT2D eigenvalue weighted by Crippen LogP contribution is -2.54. The van der Waals surface area contributed by atoms with Gasteiger partial charge in [0.05, 0.1) is 10.9 Å². The number of piperazine rings is 1. The van der Waals surface area contributed by atoms with E-state index in [9.17, 15) is 9.50 Å². The van der Waals surface area contributed by atoms with Crippen LogP contribution in [0.15, 0.2) is 30.5 Å². The monoisotopic (exact) mass is 711 g/mol. The molecule has 2 bridgehead atoms. The summed E-state index contributed by atoms with van der Waals surface area (Å²) in [6.45, 7) is 6.28. The number of ether oxygens (including phenoxy) is 1. The number of halogens is 3. The highest BCUT2D eigenvalue weighted by molar-refractivity contribution is 6.18. The van der Waals surface area contributed by atoms with Gasteiger partial charge in [-0.1, -0.05) is 13.0 Å². The van der Waals surface area contributed by atoms with Crippen LogP contribution in [0.1, 0.15) is 57.4 Å². The fourth-order valence-corrected chi connectivity index (χ4v) is 10.3. The van der Waals surface area contributed by atoms with Crippen LogP contribution in [-0.2, 0) is 13.5 Å². The Bertz CT molecular complexity index is 2240. The molecule has 0 radical (unpaired) electrons. The highest BCUT2D eigenvalue weighted by Gasteiger charge is 2.50. The van der Waals surface area contributed by atoms with Gasteiger partial charge in [0.15, 0.2) is 5.82 Å². The third-order valence-corrected chi connectivity index (χ3v) is 12.7. The minimum Gasteiger partial charge on any atom is -0.508 e. The van der Waals surface area contributed by atoms with Crippen LogP contribution >= 0.6 is 0 Å². The molecule has 4 aliphatic heterocycles. The number of phenolic OH excluding ortho intramolecular Hbond substituents is 1. The average molecular weight is 712 g/mol.